The molecule has 2 rings (SSSR count). The molecule has 4 nitrogen and oxygen atoms in total. The van der Waals surface area contributed by atoms with Gasteiger partial charge in [-0.15, -0.1) is 0 Å². The first-order valence-corrected chi connectivity index (χ1v) is 5.56. The van der Waals surface area contributed by atoms with Crippen molar-refractivity contribution in [2.24, 2.45) is 0 Å². The minimum atomic E-state index is 0.486. The molecule has 0 bridgehead atoms. The Labute approximate surface area is 94.7 Å². The summed E-state index contributed by atoms with van der Waals surface area (Å²) in [5.41, 5.74) is 0. The van der Waals surface area contributed by atoms with Crippen molar-refractivity contribution in [2.45, 2.75) is 18.9 Å². The van der Waals surface area contributed by atoms with E-state index in [-0.39, 0.29) is 0 Å². The van der Waals surface area contributed by atoms with Gasteiger partial charge in [0.05, 0.1) is 17.4 Å². The summed E-state index contributed by atoms with van der Waals surface area (Å²) < 4.78 is 0. The number of rotatable bonds is 2. The van der Waals surface area contributed by atoms with Gasteiger partial charge in [-0.25, -0.2) is 9.97 Å². The smallest absolute Gasteiger partial charge is 0.225 e. The van der Waals surface area contributed by atoms with Crippen LogP contribution in [-0.4, -0.2) is 36.1 Å². The van der Waals surface area contributed by atoms with Crippen molar-refractivity contribution in [3.8, 4) is 0 Å². The highest BCUT2D eigenvalue weighted by Gasteiger charge is 2.19. The first-order chi connectivity index (χ1) is 7.27. The Kier molecular flexibility index (Phi) is 3.38. The molecule has 1 atom stereocenters. The van der Waals surface area contributed by atoms with Crippen LogP contribution in [0.15, 0.2) is 12.4 Å². The Balaban J connectivity index is 2.05. The quantitative estimate of drug-likeness (QED) is 0.826. The molecule has 1 aliphatic rings. The SMILES string of the molecule is CN(c1ncc(Cl)cn1)[C@H]1CCCNC1. The van der Waals surface area contributed by atoms with E-state index in [1.165, 1.54) is 12.8 Å². The normalized spacial score (nSPS) is 21.3. The summed E-state index contributed by atoms with van der Waals surface area (Å²) in [6.07, 6.45) is 5.67. The molecule has 0 aliphatic carbocycles. The van der Waals surface area contributed by atoms with E-state index in [0.29, 0.717) is 11.1 Å². The Morgan fingerprint density at radius 1 is 1.47 bits per heavy atom. The third-order valence-corrected chi connectivity index (χ3v) is 2.94. The molecule has 1 aromatic rings. The molecule has 5 heteroatoms. The van der Waals surface area contributed by atoms with Gasteiger partial charge in [0.1, 0.15) is 0 Å². The van der Waals surface area contributed by atoms with Gasteiger partial charge in [0.25, 0.3) is 0 Å². The molecule has 1 N–H and O–H groups in total. The van der Waals surface area contributed by atoms with Crippen molar-refractivity contribution in [1.82, 2.24) is 15.3 Å². The molecule has 2 heterocycles. The number of aromatic nitrogens is 2. The van der Waals surface area contributed by atoms with Gasteiger partial charge in [0.15, 0.2) is 0 Å². The second-order valence-corrected chi connectivity index (χ2v) is 4.25. The van der Waals surface area contributed by atoms with Crippen molar-refractivity contribution in [2.75, 3.05) is 25.0 Å². The Morgan fingerprint density at radius 2 is 2.20 bits per heavy atom. The number of piperidine rings is 1. The monoisotopic (exact) mass is 226 g/mol. The maximum Gasteiger partial charge on any atom is 0.225 e. The van der Waals surface area contributed by atoms with Gasteiger partial charge >= 0.3 is 0 Å². The zero-order valence-corrected chi connectivity index (χ0v) is 9.54. The molecule has 0 saturated carbocycles. The van der Waals surface area contributed by atoms with Crippen molar-refractivity contribution in [1.29, 1.82) is 0 Å². The van der Waals surface area contributed by atoms with Crippen LogP contribution in [0.25, 0.3) is 0 Å². The van der Waals surface area contributed by atoms with Gasteiger partial charge in [-0.05, 0) is 19.4 Å². The van der Waals surface area contributed by atoms with Crippen LogP contribution < -0.4 is 10.2 Å². The maximum absolute atomic E-state index is 5.75. The van der Waals surface area contributed by atoms with E-state index in [9.17, 15) is 0 Å². The van der Waals surface area contributed by atoms with Gasteiger partial charge in [-0.3, -0.25) is 0 Å². The summed E-state index contributed by atoms with van der Waals surface area (Å²) in [5, 5.41) is 3.95. The first-order valence-electron chi connectivity index (χ1n) is 5.18. The van der Waals surface area contributed by atoms with E-state index in [1.807, 2.05) is 7.05 Å². The molecule has 1 fully saturated rings. The average molecular weight is 227 g/mol. The summed E-state index contributed by atoms with van der Waals surface area (Å²) in [6.45, 7) is 2.12. The highest BCUT2D eigenvalue weighted by molar-refractivity contribution is 6.30. The van der Waals surface area contributed by atoms with Crippen LogP contribution in [0.1, 0.15) is 12.8 Å². The van der Waals surface area contributed by atoms with Crippen molar-refractivity contribution >= 4 is 17.5 Å². The molecular weight excluding hydrogens is 212 g/mol. The van der Waals surface area contributed by atoms with E-state index in [0.717, 1.165) is 19.0 Å². The first kappa shape index (κ1) is 10.6. The van der Waals surface area contributed by atoms with E-state index in [2.05, 4.69) is 20.2 Å². The Hall–Kier alpha value is -0.870. The van der Waals surface area contributed by atoms with Crippen LogP contribution in [0.4, 0.5) is 5.95 Å². The van der Waals surface area contributed by atoms with E-state index >= 15 is 0 Å². The van der Waals surface area contributed by atoms with Gasteiger partial charge in [0.2, 0.25) is 5.95 Å². The number of nitrogens with zero attached hydrogens (tertiary/aromatic N) is 3. The topological polar surface area (TPSA) is 41.1 Å². The summed E-state index contributed by atoms with van der Waals surface area (Å²) in [4.78, 5) is 10.5. The van der Waals surface area contributed by atoms with E-state index in [4.69, 9.17) is 11.6 Å². The second-order valence-electron chi connectivity index (χ2n) is 3.81. The Bertz CT molecular complexity index is 308. The fourth-order valence-corrected chi connectivity index (χ4v) is 1.91. The lowest BCUT2D eigenvalue weighted by molar-refractivity contribution is 0.441. The van der Waals surface area contributed by atoms with Crippen LogP contribution in [-0.2, 0) is 0 Å². The lowest BCUT2D eigenvalue weighted by Crippen LogP contribution is -2.44. The van der Waals surface area contributed by atoms with Gasteiger partial charge < -0.3 is 10.2 Å². The number of likely N-dealkylation sites (N-methyl/N-ethyl adjacent to an activating group) is 1. The molecular formula is C10H15ClN4. The lowest BCUT2D eigenvalue weighted by atomic mass is 10.1. The van der Waals surface area contributed by atoms with Crippen LogP contribution in [0.2, 0.25) is 5.02 Å². The summed E-state index contributed by atoms with van der Waals surface area (Å²) in [7, 11) is 2.03. The standard InChI is InChI=1S/C10H15ClN4/c1-15(9-3-2-4-12-7-9)10-13-5-8(11)6-14-10/h5-6,9,12H,2-4,7H2,1H3/t9-/m0/s1. The molecule has 15 heavy (non-hydrogen) atoms. The van der Waals surface area contributed by atoms with E-state index in [1.54, 1.807) is 12.4 Å². The highest BCUT2D eigenvalue weighted by atomic mass is 35.5. The molecule has 1 saturated heterocycles. The minimum absolute atomic E-state index is 0.486. The largest absolute Gasteiger partial charge is 0.340 e. The molecule has 1 aliphatic heterocycles. The zero-order valence-electron chi connectivity index (χ0n) is 8.78. The summed E-state index contributed by atoms with van der Waals surface area (Å²) in [5.74, 6) is 0.744. The molecule has 0 amide bonds. The van der Waals surface area contributed by atoms with Crippen molar-refractivity contribution < 1.29 is 0 Å². The summed E-state index contributed by atoms with van der Waals surface area (Å²) in [6, 6.07) is 0.486. The van der Waals surface area contributed by atoms with Crippen LogP contribution in [0.5, 0.6) is 0 Å². The van der Waals surface area contributed by atoms with Gasteiger partial charge in [0, 0.05) is 19.6 Å². The summed E-state index contributed by atoms with van der Waals surface area (Å²) >= 11 is 5.75. The average Bonchev–Trinajstić information content (AvgIpc) is 2.30. The predicted octanol–water partition coefficient (Wildman–Crippen LogP) is 1.32. The number of anilines is 1. The molecule has 0 spiro atoms. The number of hydrogen-bond acceptors (Lipinski definition) is 4. The van der Waals surface area contributed by atoms with Crippen LogP contribution >= 0.6 is 11.6 Å². The number of hydrogen-bond donors (Lipinski definition) is 1. The van der Waals surface area contributed by atoms with Crippen molar-refractivity contribution in [3.05, 3.63) is 17.4 Å². The van der Waals surface area contributed by atoms with Crippen LogP contribution in [0, 0.1) is 0 Å². The highest BCUT2D eigenvalue weighted by Crippen LogP contribution is 2.15. The molecule has 82 valence electrons. The lowest BCUT2D eigenvalue weighted by Gasteiger charge is -2.31. The predicted molar refractivity (Wildman–Crippen MR) is 61.3 cm³/mol. The van der Waals surface area contributed by atoms with Crippen molar-refractivity contribution in [3.63, 3.8) is 0 Å². The van der Waals surface area contributed by atoms with E-state index < -0.39 is 0 Å². The third-order valence-electron chi connectivity index (χ3n) is 2.74. The molecule has 0 radical (unpaired) electrons. The van der Waals surface area contributed by atoms with Gasteiger partial charge in [-0.2, -0.15) is 0 Å². The third kappa shape index (κ3) is 2.58. The molecule has 0 unspecified atom stereocenters. The number of nitrogens with one attached hydrogen (secondary N) is 1. The number of halogens is 1. The Morgan fingerprint density at radius 3 is 2.80 bits per heavy atom. The fourth-order valence-electron chi connectivity index (χ4n) is 1.81. The van der Waals surface area contributed by atoms with Gasteiger partial charge in [-0.1, -0.05) is 11.6 Å². The minimum Gasteiger partial charge on any atom is -0.340 e. The maximum atomic E-state index is 5.75. The zero-order chi connectivity index (χ0) is 10.7. The fraction of sp³-hybridized carbons (Fsp3) is 0.600. The van der Waals surface area contributed by atoms with Crippen LogP contribution in [0.3, 0.4) is 0 Å². The second kappa shape index (κ2) is 4.77. The molecule has 1 aromatic heterocycles. The molecule has 0 aromatic carbocycles.